The Balaban J connectivity index is 2.95. The second-order valence-corrected chi connectivity index (χ2v) is 3.70. The molecule has 0 saturated heterocycles. The number of carbonyl (C=O) groups excluding carboxylic acids is 1. The first-order chi connectivity index (χ1) is 7.11. The van der Waals surface area contributed by atoms with Gasteiger partial charge in [-0.2, -0.15) is 0 Å². The van der Waals surface area contributed by atoms with Crippen LogP contribution in [0.4, 0.5) is 0 Å². The van der Waals surface area contributed by atoms with Gasteiger partial charge in [-0.3, -0.25) is 4.79 Å². The molecule has 0 aliphatic rings. The van der Waals surface area contributed by atoms with Gasteiger partial charge >= 0.3 is 0 Å². The summed E-state index contributed by atoms with van der Waals surface area (Å²) in [6.07, 6.45) is 1.34. The van der Waals surface area contributed by atoms with Crippen LogP contribution in [0.25, 0.3) is 0 Å². The lowest BCUT2D eigenvalue weighted by Crippen LogP contribution is -2.30. The molecule has 0 spiro atoms. The molecule has 0 N–H and O–H groups in total. The third kappa shape index (κ3) is 2.37. The van der Waals surface area contributed by atoms with Crippen LogP contribution in [0.15, 0.2) is 10.8 Å². The lowest BCUT2D eigenvalue weighted by molar-refractivity contribution is 0.0739. The van der Waals surface area contributed by atoms with E-state index in [4.69, 9.17) is 4.42 Å². The fraction of sp³-hybridized carbons (Fsp3) is 0.636. The van der Waals surface area contributed by atoms with Crippen molar-refractivity contribution in [3.05, 3.63) is 17.8 Å². The number of oxazole rings is 1. The maximum absolute atomic E-state index is 12.0. The standard InChI is InChI=1S/C11H18N2O2/c1-5-13(6-2)11(14)10-9(8(3)4)12-7-15-10/h7-8H,5-6H2,1-4H3. The number of hydrogen-bond acceptors (Lipinski definition) is 3. The summed E-state index contributed by atoms with van der Waals surface area (Å²) < 4.78 is 5.17. The summed E-state index contributed by atoms with van der Waals surface area (Å²) in [6.45, 7) is 9.27. The monoisotopic (exact) mass is 210 g/mol. The molecular weight excluding hydrogens is 192 g/mol. The van der Waals surface area contributed by atoms with Crippen molar-refractivity contribution in [2.75, 3.05) is 13.1 Å². The summed E-state index contributed by atoms with van der Waals surface area (Å²) in [7, 11) is 0. The predicted octanol–water partition coefficient (Wildman–Crippen LogP) is 2.28. The highest BCUT2D eigenvalue weighted by atomic mass is 16.3. The number of carbonyl (C=O) groups is 1. The molecule has 4 heteroatoms. The maximum atomic E-state index is 12.0. The van der Waals surface area contributed by atoms with Crippen molar-refractivity contribution in [3.8, 4) is 0 Å². The number of nitrogens with zero attached hydrogens (tertiary/aromatic N) is 2. The minimum Gasteiger partial charge on any atom is -0.438 e. The first kappa shape index (κ1) is 11.8. The minimum absolute atomic E-state index is 0.0683. The average molecular weight is 210 g/mol. The van der Waals surface area contributed by atoms with Crippen LogP contribution in [-0.4, -0.2) is 28.9 Å². The van der Waals surface area contributed by atoms with E-state index in [1.807, 2.05) is 27.7 Å². The summed E-state index contributed by atoms with van der Waals surface area (Å²) in [5, 5.41) is 0. The fourth-order valence-corrected chi connectivity index (χ4v) is 1.48. The molecule has 1 rings (SSSR count). The molecule has 0 aliphatic carbocycles. The van der Waals surface area contributed by atoms with E-state index in [9.17, 15) is 4.79 Å². The zero-order valence-electron chi connectivity index (χ0n) is 9.78. The van der Waals surface area contributed by atoms with Gasteiger partial charge in [0.1, 0.15) is 0 Å². The summed E-state index contributed by atoms with van der Waals surface area (Å²) >= 11 is 0. The Bertz CT molecular complexity index is 327. The molecule has 0 fully saturated rings. The van der Waals surface area contributed by atoms with Crippen molar-refractivity contribution < 1.29 is 9.21 Å². The van der Waals surface area contributed by atoms with Gasteiger partial charge in [0.2, 0.25) is 5.76 Å². The SMILES string of the molecule is CCN(CC)C(=O)c1ocnc1C(C)C. The third-order valence-electron chi connectivity index (χ3n) is 2.39. The maximum Gasteiger partial charge on any atom is 0.291 e. The molecule has 1 aromatic rings. The van der Waals surface area contributed by atoms with E-state index in [-0.39, 0.29) is 11.8 Å². The van der Waals surface area contributed by atoms with Gasteiger partial charge in [0.25, 0.3) is 5.91 Å². The lowest BCUT2D eigenvalue weighted by atomic mass is 10.1. The van der Waals surface area contributed by atoms with Crippen LogP contribution in [0.1, 0.15) is 49.9 Å². The molecule has 1 amide bonds. The number of aromatic nitrogens is 1. The summed E-state index contributed by atoms with van der Waals surface area (Å²) in [6, 6.07) is 0. The van der Waals surface area contributed by atoms with Gasteiger partial charge in [-0.05, 0) is 19.8 Å². The topological polar surface area (TPSA) is 46.3 Å². The largest absolute Gasteiger partial charge is 0.438 e. The van der Waals surface area contributed by atoms with E-state index in [1.54, 1.807) is 4.90 Å². The van der Waals surface area contributed by atoms with E-state index >= 15 is 0 Å². The first-order valence-electron chi connectivity index (χ1n) is 5.34. The van der Waals surface area contributed by atoms with Crippen LogP contribution in [-0.2, 0) is 0 Å². The molecule has 84 valence electrons. The Labute approximate surface area is 90.3 Å². The Hall–Kier alpha value is -1.32. The summed E-state index contributed by atoms with van der Waals surface area (Å²) in [5.41, 5.74) is 0.743. The second-order valence-electron chi connectivity index (χ2n) is 3.70. The van der Waals surface area contributed by atoms with E-state index in [1.165, 1.54) is 6.39 Å². The van der Waals surface area contributed by atoms with Crippen molar-refractivity contribution in [1.82, 2.24) is 9.88 Å². The Kier molecular flexibility index (Phi) is 3.88. The van der Waals surface area contributed by atoms with E-state index in [0.29, 0.717) is 18.8 Å². The van der Waals surface area contributed by atoms with Crippen LogP contribution in [0.3, 0.4) is 0 Å². The van der Waals surface area contributed by atoms with Crippen molar-refractivity contribution >= 4 is 5.91 Å². The van der Waals surface area contributed by atoms with Gasteiger partial charge in [-0.15, -0.1) is 0 Å². The van der Waals surface area contributed by atoms with Crippen LogP contribution < -0.4 is 0 Å². The molecule has 0 aliphatic heterocycles. The minimum atomic E-state index is -0.0683. The third-order valence-corrected chi connectivity index (χ3v) is 2.39. The zero-order valence-corrected chi connectivity index (χ0v) is 9.78. The Morgan fingerprint density at radius 3 is 2.53 bits per heavy atom. The van der Waals surface area contributed by atoms with E-state index in [0.717, 1.165) is 5.69 Å². The van der Waals surface area contributed by atoms with Gasteiger partial charge < -0.3 is 9.32 Å². The van der Waals surface area contributed by atoms with Gasteiger partial charge in [-0.25, -0.2) is 4.98 Å². The molecule has 0 unspecified atom stereocenters. The lowest BCUT2D eigenvalue weighted by Gasteiger charge is -2.17. The van der Waals surface area contributed by atoms with E-state index in [2.05, 4.69) is 4.98 Å². The summed E-state index contributed by atoms with van der Waals surface area (Å²) in [4.78, 5) is 17.8. The molecule has 0 atom stereocenters. The second kappa shape index (κ2) is 4.96. The quantitative estimate of drug-likeness (QED) is 0.766. The first-order valence-corrected chi connectivity index (χ1v) is 5.34. The smallest absolute Gasteiger partial charge is 0.291 e. The predicted molar refractivity (Wildman–Crippen MR) is 57.8 cm³/mol. The highest BCUT2D eigenvalue weighted by Gasteiger charge is 2.22. The Morgan fingerprint density at radius 1 is 1.47 bits per heavy atom. The zero-order chi connectivity index (χ0) is 11.4. The summed E-state index contributed by atoms with van der Waals surface area (Å²) in [5.74, 6) is 0.521. The fourth-order valence-electron chi connectivity index (χ4n) is 1.48. The molecule has 0 saturated carbocycles. The van der Waals surface area contributed by atoms with Crippen molar-refractivity contribution in [2.45, 2.75) is 33.6 Å². The molecule has 0 aromatic carbocycles. The molecule has 1 aromatic heterocycles. The van der Waals surface area contributed by atoms with Gasteiger partial charge in [0.05, 0.1) is 5.69 Å². The number of hydrogen-bond donors (Lipinski definition) is 0. The van der Waals surface area contributed by atoms with E-state index < -0.39 is 0 Å². The van der Waals surface area contributed by atoms with Gasteiger partial charge in [-0.1, -0.05) is 13.8 Å². The molecule has 0 radical (unpaired) electrons. The molecule has 4 nitrogen and oxygen atoms in total. The van der Waals surface area contributed by atoms with Gasteiger partial charge in [0, 0.05) is 13.1 Å². The molecular formula is C11H18N2O2. The van der Waals surface area contributed by atoms with Crippen LogP contribution in [0.2, 0.25) is 0 Å². The van der Waals surface area contributed by atoms with Gasteiger partial charge in [0.15, 0.2) is 6.39 Å². The average Bonchev–Trinajstić information content (AvgIpc) is 2.67. The highest BCUT2D eigenvalue weighted by molar-refractivity contribution is 5.92. The van der Waals surface area contributed by atoms with Crippen molar-refractivity contribution in [3.63, 3.8) is 0 Å². The Morgan fingerprint density at radius 2 is 2.07 bits per heavy atom. The van der Waals surface area contributed by atoms with Crippen LogP contribution in [0.5, 0.6) is 0 Å². The normalized spacial score (nSPS) is 10.7. The van der Waals surface area contributed by atoms with Crippen molar-refractivity contribution in [1.29, 1.82) is 0 Å². The van der Waals surface area contributed by atoms with Crippen molar-refractivity contribution in [2.24, 2.45) is 0 Å². The molecule has 1 heterocycles. The number of rotatable bonds is 4. The molecule has 0 bridgehead atoms. The number of amides is 1. The molecule has 15 heavy (non-hydrogen) atoms. The van der Waals surface area contributed by atoms with Crippen LogP contribution in [0, 0.1) is 0 Å². The van der Waals surface area contributed by atoms with Crippen LogP contribution >= 0.6 is 0 Å². The highest BCUT2D eigenvalue weighted by Crippen LogP contribution is 2.18.